The summed E-state index contributed by atoms with van der Waals surface area (Å²) < 4.78 is 0. The van der Waals surface area contributed by atoms with E-state index in [-0.39, 0.29) is 5.92 Å². The Labute approximate surface area is 109 Å². The number of amides is 1. The molecule has 2 aliphatic carbocycles. The minimum atomic E-state index is 0.259. The van der Waals surface area contributed by atoms with Crippen LogP contribution in [0.3, 0.4) is 0 Å². The first-order valence-electron chi connectivity index (χ1n) is 6.69. The summed E-state index contributed by atoms with van der Waals surface area (Å²) in [6, 6.07) is 0. The van der Waals surface area contributed by atoms with Crippen LogP contribution in [-0.2, 0) is 4.79 Å². The van der Waals surface area contributed by atoms with E-state index in [4.69, 9.17) is 18.0 Å². The van der Waals surface area contributed by atoms with Crippen molar-refractivity contribution in [2.24, 2.45) is 23.5 Å². The average Bonchev–Trinajstić information content (AvgIpc) is 2.88. The lowest BCUT2D eigenvalue weighted by Crippen LogP contribution is -2.42. The van der Waals surface area contributed by atoms with Crippen molar-refractivity contribution in [3.05, 3.63) is 0 Å². The molecule has 2 rings (SSSR count). The van der Waals surface area contributed by atoms with Crippen LogP contribution in [0.25, 0.3) is 0 Å². The summed E-state index contributed by atoms with van der Waals surface area (Å²) >= 11 is 4.93. The Morgan fingerprint density at radius 3 is 2.65 bits per heavy atom. The first-order chi connectivity index (χ1) is 8.11. The van der Waals surface area contributed by atoms with Crippen LogP contribution in [0.15, 0.2) is 0 Å². The van der Waals surface area contributed by atoms with E-state index in [0.717, 1.165) is 25.3 Å². The number of thiocarbonyl (C=S) groups is 1. The molecule has 0 heterocycles. The molecule has 2 N–H and O–H groups in total. The fraction of sp³-hybridized carbons (Fsp3) is 0.846. The van der Waals surface area contributed by atoms with Gasteiger partial charge in [0.25, 0.3) is 0 Å². The normalized spacial score (nSPS) is 30.5. The van der Waals surface area contributed by atoms with Crippen molar-refractivity contribution in [2.45, 2.75) is 39.0 Å². The second-order valence-electron chi connectivity index (χ2n) is 5.51. The molecule has 0 saturated heterocycles. The summed E-state index contributed by atoms with van der Waals surface area (Å²) in [6.45, 7) is 3.32. The summed E-state index contributed by atoms with van der Waals surface area (Å²) in [5.74, 6) is 2.00. The minimum absolute atomic E-state index is 0.259. The van der Waals surface area contributed by atoms with Gasteiger partial charge in [-0.05, 0) is 37.5 Å². The van der Waals surface area contributed by atoms with E-state index in [0.29, 0.717) is 23.4 Å². The zero-order valence-corrected chi connectivity index (χ0v) is 11.3. The first-order valence-corrected chi connectivity index (χ1v) is 7.09. The third kappa shape index (κ3) is 2.79. The van der Waals surface area contributed by atoms with Gasteiger partial charge in [-0.3, -0.25) is 4.79 Å². The Balaban J connectivity index is 1.98. The van der Waals surface area contributed by atoms with Gasteiger partial charge in [0.15, 0.2) is 0 Å². The van der Waals surface area contributed by atoms with Crippen LogP contribution in [0.1, 0.15) is 39.0 Å². The van der Waals surface area contributed by atoms with E-state index >= 15 is 0 Å². The van der Waals surface area contributed by atoms with E-state index in [1.54, 1.807) is 0 Å². The quantitative estimate of drug-likeness (QED) is 0.763. The first kappa shape index (κ1) is 12.8. The monoisotopic (exact) mass is 254 g/mol. The second kappa shape index (κ2) is 5.34. The Kier molecular flexibility index (Phi) is 4.02. The maximum absolute atomic E-state index is 12.5. The number of hydrogen-bond acceptors (Lipinski definition) is 2. The molecule has 2 saturated carbocycles. The molecule has 2 aliphatic rings. The summed E-state index contributed by atoms with van der Waals surface area (Å²) in [7, 11) is 0. The van der Waals surface area contributed by atoms with E-state index in [2.05, 4.69) is 6.92 Å². The van der Waals surface area contributed by atoms with Crippen LogP contribution < -0.4 is 5.73 Å². The van der Waals surface area contributed by atoms with Gasteiger partial charge in [-0.25, -0.2) is 0 Å². The number of nitrogens with zero attached hydrogens (tertiary/aromatic N) is 1. The van der Waals surface area contributed by atoms with Crippen LogP contribution in [0.4, 0.5) is 0 Å². The van der Waals surface area contributed by atoms with E-state index < -0.39 is 0 Å². The molecule has 0 spiro atoms. The highest BCUT2D eigenvalue weighted by Gasteiger charge is 2.44. The van der Waals surface area contributed by atoms with Gasteiger partial charge in [0.05, 0.1) is 11.5 Å². The molecule has 0 aromatic carbocycles. The Bertz CT molecular complexity index is 319. The number of carbonyl (C=O) groups is 1. The topological polar surface area (TPSA) is 46.3 Å². The standard InChI is InChI=1S/C13H22N2OS/c1-2-5-15(8-12(14)17)13(16)11-7-9-3-4-10(11)6-9/h9-11H,2-8H2,1H3,(H2,14,17). The van der Waals surface area contributed by atoms with Gasteiger partial charge >= 0.3 is 0 Å². The molecule has 2 fully saturated rings. The molecular formula is C13H22N2OS. The highest BCUT2D eigenvalue weighted by molar-refractivity contribution is 7.80. The molecular weight excluding hydrogens is 232 g/mol. The predicted octanol–water partition coefficient (Wildman–Crippen LogP) is 1.95. The van der Waals surface area contributed by atoms with Gasteiger partial charge in [-0.2, -0.15) is 0 Å². The third-order valence-corrected chi connectivity index (χ3v) is 4.34. The lowest BCUT2D eigenvalue weighted by Gasteiger charge is -2.29. The van der Waals surface area contributed by atoms with Gasteiger partial charge in [-0.1, -0.05) is 25.6 Å². The van der Waals surface area contributed by atoms with Crippen molar-refractivity contribution in [3.8, 4) is 0 Å². The zero-order valence-electron chi connectivity index (χ0n) is 10.5. The van der Waals surface area contributed by atoms with Crippen LogP contribution in [0.2, 0.25) is 0 Å². The number of hydrogen-bond donors (Lipinski definition) is 1. The average molecular weight is 254 g/mol. The van der Waals surface area contributed by atoms with Gasteiger partial charge in [0, 0.05) is 12.5 Å². The van der Waals surface area contributed by atoms with Crippen molar-refractivity contribution < 1.29 is 4.79 Å². The van der Waals surface area contributed by atoms with Gasteiger partial charge < -0.3 is 10.6 Å². The van der Waals surface area contributed by atoms with E-state index in [1.807, 2.05) is 4.90 Å². The molecule has 4 heteroatoms. The second-order valence-corrected chi connectivity index (χ2v) is 6.03. The van der Waals surface area contributed by atoms with Crippen LogP contribution in [-0.4, -0.2) is 28.9 Å². The Hall–Kier alpha value is -0.640. The molecule has 0 aromatic heterocycles. The predicted molar refractivity (Wildman–Crippen MR) is 72.6 cm³/mol. The largest absolute Gasteiger partial charge is 0.392 e. The summed E-state index contributed by atoms with van der Waals surface area (Å²) in [4.78, 5) is 14.8. The molecule has 3 nitrogen and oxygen atoms in total. The highest BCUT2D eigenvalue weighted by Crippen LogP contribution is 2.48. The number of carbonyl (C=O) groups excluding carboxylic acids is 1. The van der Waals surface area contributed by atoms with E-state index in [1.165, 1.54) is 19.3 Å². The Morgan fingerprint density at radius 1 is 1.41 bits per heavy atom. The van der Waals surface area contributed by atoms with Crippen molar-refractivity contribution in [2.75, 3.05) is 13.1 Å². The fourth-order valence-electron chi connectivity index (χ4n) is 3.51. The zero-order chi connectivity index (χ0) is 12.4. The van der Waals surface area contributed by atoms with Gasteiger partial charge in [-0.15, -0.1) is 0 Å². The summed E-state index contributed by atoms with van der Waals surface area (Å²) in [6.07, 6.45) is 5.91. The van der Waals surface area contributed by atoms with Crippen molar-refractivity contribution in [1.29, 1.82) is 0 Å². The minimum Gasteiger partial charge on any atom is -0.392 e. The number of fused-ring (bicyclic) bond motifs is 2. The van der Waals surface area contributed by atoms with Gasteiger partial charge in [0.2, 0.25) is 5.91 Å². The molecule has 3 unspecified atom stereocenters. The molecule has 0 aromatic rings. The number of rotatable bonds is 5. The Morgan fingerprint density at radius 2 is 2.18 bits per heavy atom. The molecule has 96 valence electrons. The molecule has 2 bridgehead atoms. The smallest absolute Gasteiger partial charge is 0.226 e. The summed E-state index contributed by atoms with van der Waals surface area (Å²) in [5, 5.41) is 0. The van der Waals surface area contributed by atoms with Crippen molar-refractivity contribution in [1.82, 2.24) is 4.90 Å². The maximum atomic E-state index is 12.5. The number of nitrogens with two attached hydrogens (primary N) is 1. The maximum Gasteiger partial charge on any atom is 0.226 e. The van der Waals surface area contributed by atoms with Crippen molar-refractivity contribution >= 4 is 23.1 Å². The van der Waals surface area contributed by atoms with Crippen molar-refractivity contribution in [3.63, 3.8) is 0 Å². The lowest BCUT2D eigenvalue weighted by atomic mass is 9.87. The molecule has 3 atom stereocenters. The molecule has 17 heavy (non-hydrogen) atoms. The third-order valence-electron chi connectivity index (χ3n) is 4.21. The highest BCUT2D eigenvalue weighted by atomic mass is 32.1. The summed E-state index contributed by atoms with van der Waals surface area (Å²) in [5.41, 5.74) is 5.57. The van der Waals surface area contributed by atoms with Crippen LogP contribution in [0, 0.1) is 17.8 Å². The van der Waals surface area contributed by atoms with E-state index in [9.17, 15) is 4.79 Å². The molecule has 0 aliphatic heterocycles. The molecule has 0 radical (unpaired) electrons. The van der Waals surface area contributed by atoms with Crippen LogP contribution >= 0.6 is 12.2 Å². The SMILES string of the molecule is CCCN(CC(N)=S)C(=O)C1CC2CCC1C2. The van der Waals surface area contributed by atoms with Gasteiger partial charge in [0.1, 0.15) is 0 Å². The molecule has 1 amide bonds. The lowest BCUT2D eigenvalue weighted by molar-refractivity contribution is -0.136. The van der Waals surface area contributed by atoms with Crippen LogP contribution in [0.5, 0.6) is 0 Å². The fourth-order valence-corrected chi connectivity index (χ4v) is 3.66.